The van der Waals surface area contributed by atoms with Gasteiger partial charge in [0.25, 0.3) is 0 Å². The van der Waals surface area contributed by atoms with Gasteiger partial charge in [-0.25, -0.2) is 0 Å². The second-order valence-electron chi connectivity index (χ2n) is 1.94. The summed E-state index contributed by atoms with van der Waals surface area (Å²) in [6.45, 7) is 9.37. The molecule has 45 valence electrons. The number of hydrogen-bond donors (Lipinski definition) is 0. The molecule has 0 bridgehead atoms. The monoisotopic (exact) mass is 109 g/mol. The molecule has 0 nitrogen and oxygen atoms in total. The highest BCUT2D eigenvalue weighted by molar-refractivity contribution is 4.96. The number of hydrogen-bond acceptors (Lipinski definition) is 0. The van der Waals surface area contributed by atoms with Crippen LogP contribution in [0.15, 0.2) is 25.3 Å². The van der Waals surface area contributed by atoms with Crippen LogP contribution in [0, 0.1) is 5.92 Å². The van der Waals surface area contributed by atoms with E-state index in [1.54, 1.807) is 0 Å². The fraction of sp³-hybridized carbons (Fsp3) is 0.375. The summed E-state index contributed by atoms with van der Waals surface area (Å²) in [5.74, 6) is 1.43. The Morgan fingerprint density at radius 1 is 1.25 bits per heavy atom. The molecule has 0 amide bonds. The molecule has 0 atom stereocenters. The largest absolute Gasteiger partial charge is 0.103 e. The first-order valence-corrected chi connectivity index (χ1v) is 2.84. The van der Waals surface area contributed by atoms with Gasteiger partial charge in [0.1, 0.15) is 0 Å². The minimum atomic E-state index is 1.02. The van der Waals surface area contributed by atoms with Crippen LogP contribution >= 0.6 is 0 Å². The Kier molecular flexibility index (Phi) is 4.33. The van der Waals surface area contributed by atoms with Crippen molar-refractivity contribution in [2.75, 3.05) is 0 Å². The van der Waals surface area contributed by atoms with Crippen LogP contribution in [0.2, 0.25) is 0 Å². The summed E-state index contributed by atoms with van der Waals surface area (Å²) < 4.78 is 0. The van der Waals surface area contributed by atoms with Crippen LogP contribution in [0.5, 0.6) is 0 Å². The van der Waals surface area contributed by atoms with Crippen LogP contribution in [-0.2, 0) is 0 Å². The quantitative estimate of drug-likeness (QED) is 0.487. The van der Waals surface area contributed by atoms with E-state index in [9.17, 15) is 0 Å². The molecule has 0 aliphatic carbocycles. The van der Waals surface area contributed by atoms with Gasteiger partial charge in [0.05, 0.1) is 0 Å². The van der Waals surface area contributed by atoms with E-state index in [-0.39, 0.29) is 0 Å². The average Bonchev–Trinajstić information content (AvgIpc) is 1.68. The van der Waals surface area contributed by atoms with E-state index in [1.165, 1.54) is 5.92 Å². The van der Waals surface area contributed by atoms with Crippen molar-refractivity contribution in [1.82, 2.24) is 0 Å². The van der Waals surface area contributed by atoms with Crippen molar-refractivity contribution >= 4 is 0 Å². The maximum Gasteiger partial charge on any atom is -0.0197 e. The van der Waals surface area contributed by atoms with Crippen LogP contribution in [-0.4, -0.2) is 0 Å². The molecule has 0 N–H and O–H groups in total. The van der Waals surface area contributed by atoms with Crippen molar-refractivity contribution in [2.45, 2.75) is 19.8 Å². The second-order valence-corrected chi connectivity index (χ2v) is 1.94. The fourth-order valence-electron chi connectivity index (χ4n) is 0.576. The Morgan fingerprint density at radius 3 is 1.88 bits per heavy atom. The smallest absolute Gasteiger partial charge is 0.0197 e. The molecule has 0 spiro atoms. The van der Waals surface area contributed by atoms with Crippen molar-refractivity contribution < 1.29 is 0 Å². The van der Waals surface area contributed by atoms with Gasteiger partial charge in [-0.1, -0.05) is 19.1 Å². The molecule has 0 rings (SSSR count). The molecule has 0 unspecified atom stereocenters. The standard InChI is InChI=1S/C8H13/c1-4-6-8(3)7-5-2/h4-5H,1-2,6-7H2,3H3. The Morgan fingerprint density at radius 2 is 1.62 bits per heavy atom. The molecular formula is C8H13. The molecule has 0 aliphatic heterocycles. The number of rotatable bonds is 4. The van der Waals surface area contributed by atoms with E-state index in [0.29, 0.717) is 0 Å². The minimum absolute atomic E-state index is 1.02. The molecule has 0 saturated heterocycles. The summed E-state index contributed by atoms with van der Waals surface area (Å²) in [7, 11) is 0. The third-order valence-corrected chi connectivity index (χ3v) is 0.986. The fourth-order valence-corrected chi connectivity index (χ4v) is 0.576. The normalized spacial score (nSPS) is 9.25. The molecule has 0 aromatic rings. The van der Waals surface area contributed by atoms with Crippen LogP contribution in [0.1, 0.15) is 19.8 Å². The van der Waals surface area contributed by atoms with Gasteiger partial charge in [-0.05, 0) is 18.8 Å². The molecule has 8 heavy (non-hydrogen) atoms. The zero-order valence-electron chi connectivity index (χ0n) is 5.48. The van der Waals surface area contributed by atoms with Gasteiger partial charge >= 0.3 is 0 Å². The number of allylic oxidation sites excluding steroid dienone is 2. The first-order chi connectivity index (χ1) is 3.81. The molecule has 0 aromatic heterocycles. The molecule has 0 heteroatoms. The topological polar surface area (TPSA) is 0 Å². The lowest BCUT2D eigenvalue weighted by Crippen LogP contribution is -1.84. The molecule has 1 radical (unpaired) electrons. The van der Waals surface area contributed by atoms with Gasteiger partial charge in [-0.3, -0.25) is 0 Å². The third-order valence-electron chi connectivity index (χ3n) is 0.986. The van der Waals surface area contributed by atoms with Gasteiger partial charge in [0.2, 0.25) is 0 Å². The maximum absolute atomic E-state index is 3.63. The third kappa shape index (κ3) is 3.66. The summed E-state index contributed by atoms with van der Waals surface area (Å²) in [5.41, 5.74) is 0. The van der Waals surface area contributed by atoms with E-state index in [4.69, 9.17) is 0 Å². The van der Waals surface area contributed by atoms with Gasteiger partial charge < -0.3 is 0 Å². The van der Waals surface area contributed by atoms with E-state index in [1.807, 2.05) is 12.2 Å². The zero-order valence-corrected chi connectivity index (χ0v) is 5.48. The summed E-state index contributed by atoms with van der Waals surface area (Å²) in [4.78, 5) is 0. The molecule has 0 fully saturated rings. The van der Waals surface area contributed by atoms with Gasteiger partial charge in [-0.15, -0.1) is 13.2 Å². The van der Waals surface area contributed by atoms with E-state index >= 15 is 0 Å². The lowest BCUT2D eigenvalue weighted by Gasteiger charge is -2.00. The summed E-state index contributed by atoms with van der Waals surface area (Å²) >= 11 is 0. The molecule has 0 heterocycles. The van der Waals surface area contributed by atoms with E-state index < -0.39 is 0 Å². The molecule has 0 aliphatic rings. The highest BCUT2D eigenvalue weighted by atomic mass is 14.0. The van der Waals surface area contributed by atoms with Crippen molar-refractivity contribution in [3.63, 3.8) is 0 Å². The Labute approximate surface area is 51.9 Å². The zero-order chi connectivity index (χ0) is 6.41. The van der Waals surface area contributed by atoms with Gasteiger partial charge in [0, 0.05) is 0 Å². The predicted molar refractivity (Wildman–Crippen MR) is 38.5 cm³/mol. The summed E-state index contributed by atoms with van der Waals surface area (Å²) in [5, 5.41) is 0. The SMILES string of the molecule is C=CC[C](C)CC=C. The van der Waals surface area contributed by atoms with E-state index in [2.05, 4.69) is 20.1 Å². The predicted octanol–water partition coefficient (Wildman–Crippen LogP) is 2.73. The minimum Gasteiger partial charge on any atom is -0.103 e. The first kappa shape index (κ1) is 7.48. The van der Waals surface area contributed by atoms with Crippen LogP contribution < -0.4 is 0 Å². The van der Waals surface area contributed by atoms with Crippen molar-refractivity contribution in [2.24, 2.45) is 0 Å². The van der Waals surface area contributed by atoms with Gasteiger partial charge in [0.15, 0.2) is 0 Å². The molecular weight excluding hydrogens is 96.1 g/mol. The van der Waals surface area contributed by atoms with Crippen molar-refractivity contribution in [3.05, 3.63) is 31.2 Å². The first-order valence-electron chi connectivity index (χ1n) is 2.84. The molecule has 0 aromatic carbocycles. The van der Waals surface area contributed by atoms with Crippen molar-refractivity contribution in [1.29, 1.82) is 0 Å². The molecule has 0 saturated carbocycles. The summed E-state index contributed by atoms with van der Waals surface area (Å²) in [6, 6.07) is 0. The second kappa shape index (κ2) is 4.63. The lowest BCUT2D eigenvalue weighted by molar-refractivity contribution is 0.914. The maximum atomic E-state index is 3.63. The van der Waals surface area contributed by atoms with Crippen LogP contribution in [0.4, 0.5) is 0 Å². The van der Waals surface area contributed by atoms with Crippen molar-refractivity contribution in [3.8, 4) is 0 Å². The highest BCUT2D eigenvalue weighted by Gasteiger charge is 1.93. The Bertz CT molecular complexity index is 62.1. The Hall–Kier alpha value is -0.520. The lowest BCUT2D eigenvalue weighted by atomic mass is 10.0. The van der Waals surface area contributed by atoms with E-state index in [0.717, 1.165) is 12.8 Å². The van der Waals surface area contributed by atoms with Crippen LogP contribution in [0.25, 0.3) is 0 Å². The average molecular weight is 109 g/mol. The summed E-state index contributed by atoms with van der Waals surface area (Å²) in [6.07, 6.45) is 5.87. The highest BCUT2D eigenvalue weighted by Crippen LogP contribution is 2.09. The van der Waals surface area contributed by atoms with Crippen LogP contribution in [0.3, 0.4) is 0 Å². The Balaban J connectivity index is 3.16. The van der Waals surface area contributed by atoms with Gasteiger partial charge in [-0.2, -0.15) is 0 Å².